The molecule has 136 valence electrons. The number of benzene rings is 1. The Morgan fingerprint density at radius 3 is 2.28 bits per heavy atom. The van der Waals surface area contributed by atoms with Crippen molar-refractivity contribution >= 4 is 21.5 Å². The lowest BCUT2D eigenvalue weighted by molar-refractivity contribution is -0.133. The molecule has 6 nitrogen and oxygen atoms in total. The summed E-state index contributed by atoms with van der Waals surface area (Å²) in [5.74, 6) is 0.511. The highest BCUT2D eigenvalue weighted by Gasteiger charge is 2.34. The molecule has 1 atom stereocenters. The number of ketones is 1. The van der Waals surface area contributed by atoms with Crippen LogP contribution in [0, 0.1) is 0 Å². The molecule has 3 rings (SSSR count). The summed E-state index contributed by atoms with van der Waals surface area (Å²) in [4.78, 5) is 28.4. The number of hydrogen-bond donors (Lipinski definition) is 0. The Hall–Kier alpha value is -1.73. The molecule has 1 amide bonds. The van der Waals surface area contributed by atoms with Crippen molar-refractivity contribution in [3.63, 3.8) is 0 Å². The van der Waals surface area contributed by atoms with Crippen LogP contribution in [0.15, 0.2) is 30.3 Å². The van der Waals surface area contributed by atoms with Gasteiger partial charge in [-0.05, 0) is 6.42 Å². The van der Waals surface area contributed by atoms with E-state index in [0.717, 1.165) is 0 Å². The summed E-state index contributed by atoms with van der Waals surface area (Å²) in [6.07, 6.45) is 1.15. The van der Waals surface area contributed by atoms with Crippen molar-refractivity contribution < 1.29 is 18.0 Å². The molecule has 7 heteroatoms. The molecule has 25 heavy (non-hydrogen) atoms. The van der Waals surface area contributed by atoms with E-state index in [4.69, 9.17) is 0 Å². The molecule has 0 bridgehead atoms. The van der Waals surface area contributed by atoms with E-state index in [0.29, 0.717) is 38.2 Å². The first-order valence-electron chi connectivity index (χ1n) is 8.75. The molecule has 2 heterocycles. The van der Waals surface area contributed by atoms with E-state index in [9.17, 15) is 18.0 Å². The van der Waals surface area contributed by atoms with Crippen molar-refractivity contribution in [1.82, 2.24) is 9.80 Å². The lowest BCUT2D eigenvalue weighted by atomic mass is 10.1. The molecule has 0 aliphatic carbocycles. The van der Waals surface area contributed by atoms with E-state index in [-0.39, 0.29) is 42.1 Å². The highest BCUT2D eigenvalue weighted by atomic mass is 32.2. The van der Waals surface area contributed by atoms with Gasteiger partial charge in [0.25, 0.3) is 0 Å². The average molecular weight is 364 g/mol. The largest absolute Gasteiger partial charge is 0.340 e. The minimum atomic E-state index is -2.88. The molecule has 0 unspecified atom stereocenters. The van der Waals surface area contributed by atoms with Gasteiger partial charge in [0.15, 0.2) is 15.6 Å². The topological polar surface area (TPSA) is 74.8 Å². The molecule has 2 aliphatic rings. The number of sulfone groups is 1. The monoisotopic (exact) mass is 364 g/mol. The van der Waals surface area contributed by atoms with Crippen LogP contribution < -0.4 is 0 Å². The lowest BCUT2D eigenvalue weighted by Gasteiger charge is -2.37. The van der Waals surface area contributed by atoms with E-state index < -0.39 is 9.84 Å². The lowest BCUT2D eigenvalue weighted by Crippen LogP contribution is -2.52. The van der Waals surface area contributed by atoms with Crippen molar-refractivity contribution in [3.05, 3.63) is 35.9 Å². The molecule has 1 aromatic rings. The van der Waals surface area contributed by atoms with E-state index in [2.05, 4.69) is 4.90 Å². The fourth-order valence-corrected chi connectivity index (χ4v) is 5.31. The molecular weight excluding hydrogens is 340 g/mol. The van der Waals surface area contributed by atoms with Gasteiger partial charge < -0.3 is 4.90 Å². The quantitative estimate of drug-likeness (QED) is 0.728. The van der Waals surface area contributed by atoms with Gasteiger partial charge in [0.05, 0.1) is 11.5 Å². The Labute approximate surface area is 148 Å². The predicted molar refractivity (Wildman–Crippen MR) is 95.2 cm³/mol. The van der Waals surface area contributed by atoms with Gasteiger partial charge in [-0.1, -0.05) is 30.3 Å². The summed E-state index contributed by atoms with van der Waals surface area (Å²) in [6.45, 7) is 2.63. The van der Waals surface area contributed by atoms with Crippen LogP contribution in [-0.4, -0.2) is 73.6 Å². The van der Waals surface area contributed by atoms with E-state index in [1.165, 1.54) is 0 Å². The molecule has 1 aromatic carbocycles. The van der Waals surface area contributed by atoms with E-state index >= 15 is 0 Å². The van der Waals surface area contributed by atoms with Crippen LogP contribution in [0.1, 0.15) is 29.6 Å². The highest BCUT2D eigenvalue weighted by Crippen LogP contribution is 2.19. The Kier molecular flexibility index (Phi) is 5.54. The van der Waals surface area contributed by atoms with Crippen LogP contribution in [0.2, 0.25) is 0 Å². The standard InChI is InChI=1S/C18H24N2O4S/c21-17(15-4-2-1-3-5-15)6-7-18(22)20-11-9-19(10-12-20)16-8-13-25(23,24)14-16/h1-5,16H,6-14H2/t16-/m0/s1. The van der Waals surface area contributed by atoms with Gasteiger partial charge in [0.2, 0.25) is 5.91 Å². The van der Waals surface area contributed by atoms with Gasteiger partial charge in [0, 0.05) is 50.6 Å². The maximum Gasteiger partial charge on any atom is 0.223 e. The second-order valence-electron chi connectivity index (χ2n) is 6.76. The number of carbonyl (C=O) groups excluding carboxylic acids is 2. The van der Waals surface area contributed by atoms with E-state index in [1.54, 1.807) is 17.0 Å². The molecule has 2 aliphatic heterocycles. The number of rotatable bonds is 5. The Morgan fingerprint density at radius 2 is 1.68 bits per heavy atom. The van der Waals surface area contributed by atoms with Crippen molar-refractivity contribution in [2.75, 3.05) is 37.7 Å². The van der Waals surface area contributed by atoms with Crippen molar-refractivity contribution in [3.8, 4) is 0 Å². The minimum absolute atomic E-state index is 0.00275. The number of piperazine rings is 1. The fourth-order valence-electron chi connectivity index (χ4n) is 3.55. The molecule has 0 radical (unpaired) electrons. The second kappa shape index (κ2) is 7.66. The third-order valence-electron chi connectivity index (χ3n) is 5.05. The van der Waals surface area contributed by atoms with Crippen LogP contribution in [0.4, 0.5) is 0 Å². The molecule has 0 aromatic heterocycles. The molecule has 2 fully saturated rings. The third-order valence-corrected chi connectivity index (χ3v) is 6.80. The van der Waals surface area contributed by atoms with E-state index in [1.807, 2.05) is 18.2 Å². The van der Waals surface area contributed by atoms with Gasteiger partial charge in [-0.15, -0.1) is 0 Å². The number of nitrogens with zero attached hydrogens (tertiary/aromatic N) is 2. The van der Waals surface area contributed by atoms with Crippen LogP contribution in [0.5, 0.6) is 0 Å². The first kappa shape index (κ1) is 18.1. The molecule has 2 saturated heterocycles. The number of Topliss-reactive ketones (excluding diaryl/α,β-unsaturated/α-hetero) is 1. The zero-order chi connectivity index (χ0) is 17.9. The number of hydrogen-bond acceptors (Lipinski definition) is 5. The highest BCUT2D eigenvalue weighted by molar-refractivity contribution is 7.91. The minimum Gasteiger partial charge on any atom is -0.340 e. The van der Waals surface area contributed by atoms with Gasteiger partial charge in [-0.2, -0.15) is 0 Å². The average Bonchev–Trinajstić information content (AvgIpc) is 3.00. The van der Waals surface area contributed by atoms with Crippen LogP contribution >= 0.6 is 0 Å². The van der Waals surface area contributed by atoms with Crippen LogP contribution in [-0.2, 0) is 14.6 Å². The van der Waals surface area contributed by atoms with Crippen molar-refractivity contribution in [2.45, 2.75) is 25.3 Å². The number of amides is 1. The maximum atomic E-state index is 12.3. The Balaban J connectivity index is 1.43. The first-order chi connectivity index (χ1) is 11.9. The Bertz CT molecular complexity index is 725. The SMILES string of the molecule is O=C(CCC(=O)N1CCN([C@H]2CCS(=O)(=O)C2)CC1)c1ccccc1. The molecule has 0 spiro atoms. The van der Waals surface area contributed by atoms with Gasteiger partial charge in [-0.3, -0.25) is 14.5 Å². The first-order valence-corrected chi connectivity index (χ1v) is 10.6. The van der Waals surface area contributed by atoms with Crippen molar-refractivity contribution in [2.24, 2.45) is 0 Å². The molecule has 0 N–H and O–H groups in total. The summed E-state index contributed by atoms with van der Waals surface area (Å²) in [5.41, 5.74) is 0.641. The smallest absolute Gasteiger partial charge is 0.223 e. The zero-order valence-corrected chi connectivity index (χ0v) is 15.1. The van der Waals surface area contributed by atoms with Gasteiger partial charge in [-0.25, -0.2) is 8.42 Å². The summed E-state index contributed by atoms with van der Waals surface area (Å²) < 4.78 is 23.2. The molecular formula is C18H24N2O4S. The van der Waals surface area contributed by atoms with Crippen LogP contribution in [0.25, 0.3) is 0 Å². The van der Waals surface area contributed by atoms with Crippen molar-refractivity contribution in [1.29, 1.82) is 0 Å². The van der Waals surface area contributed by atoms with Gasteiger partial charge >= 0.3 is 0 Å². The predicted octanol–water partition coefficient (Wildman–Crippen LogP) is 0.981. The summed E-state index contributed by atoms with van der Waals surface area (Å²) in [5, 5.41) is 0. The Morgan fingerprint density at radius 1 is 1.00 bits per heavy atom. The third kappa shape index (κ3) is 4.67. The van der Waals surface area contributed by atoms with Crippen LogP contribution in [0.3, 0.4) is 0 Å². The summed E-state index contributed by atoms with van der Waals surface area (Å²) in [6, 6.07) is 9.12. The number of carbonyl (C=O) groups is 2. The van der Waals surface area contributed by atoms with Gasteiger partial charge in [0.1, 0.15) is 0 Å². The zero-order valence-electron chi connectivity index (χ0n) is 14.3. The maximum absolute atomic E-state index is 12.3. The molecule has 0 saturated carbocycles. The second-order valence-corrected chi connectivity index (χ2v) is 8.99. The fraction of sp³-hybridized carbons (Fsp3) is 0.556. The summed E-state index contributed by atoms with van der Waals surface area (Å²) >= 11 is 0. The summed E-state index contributed by atoms with van der Waals surface area (Å²) in [7, 11) is -2.88. The normalized spacial score (nSPS) is 23.5.